The molecule has 2 rings (SSSR count). The summed E-state index contributed by atoms with van der Waals surface area (Å²) in [5.41, 5.74) is 3.23. The average Bonchev–Trinajstić information content (AvgIpc) is 2.71. The van der Waals surface area contributed by atoms with Crippen LogP contribution in [0.4, 0.5) is 5.95 Å². The zero-order valence-electron chi connectivity index (χ0n) is 10.1. The number of nitrogen functional groups attached to an aromatic ring is 1. The number of carboxylic acids is 1. The van der Waals surface area contributed by atoms with Gasteiger partial charge in [-0.3, -0.25) is 0 Å². The lowest BCUT2D eigenvalue weighted by Gasteiger charge is -2.01. The second-order valence-electron chi connectivity index (χ2n) is 3.70. The monoisotopic (exact) mass is 260 g/mol. The Bertz CT molecular complexity index is 634. The topological polar surface area (TPSA) is 118 Å². The number of benzene rings is 1. The molecule has 0 bridgehead atoms. The maximum absolute atomic E-state index is 11.0. The Labute approximate surface area is 108 Å². The van der Waals surface area contributed by atoms with Crippen LogP contribution < -0.4 is 11.3 Å². The van der Waals surface area contributed by atoms with Crippen molar-refractivity contribution in [3.63, 3.8) is 0 Å². The molecule has 0 atom stereocenters. The van der Waals surface area contributed by atoms with Crippen LogP contribution >= 0.6 is 0 Å². The number of hydrogen-bond donors (Lipinski definition) is 3. The molecule has 0 saturated carbocycles. The van der Waals surface area contributed by atoms with Gasteiger partial charge in [0.05, 0.1) is 11.8 Å². The summed E-state index contributed by atoms with van der Waals surface area (Å²) in [4.78, 5) is 11.0. The molecular weight excluding hydrogens is 248 g/mol. The number of carbonyl (C=O) groups is 1. The zero-order chi connectivity index (χ0) is 13.8. The molecule has 0 unspecified atom stereocenters. The van der Waals surface area contributed by atoms with Crippen molar-refractivity contribution in [2.45, 2.75) is 6.92 Å². The van der Waals surface area contributed by atoms with Crippen molar-refractivity contribution >= 4 is 18.1 Å². The van der Waals surface area contributed by atoms with E-state index in [1.807, 2.05) is 0 Å². The van der Waals surface area contributed by atoms with E-state index in [9.17, 15) is 4.79 Å². The maximum Gasteiger partial charge on any atom is 0.336 e. The molecule has 0 spiro atoms. The summed E-state index contributed by atoms with van der Waals surface area (Å²) >= 11 is 0. The number of hydrogen-bond acceptors (Lipinski definition) is 6. The van der Waals surface area contributed by atoms with Crippen molar-refractivity contribution in [2.24, 2.45) is 5.10 Å². The van der Waals surface area contributed by atoms with Gasteiger partial charge in [0.25, 0.3) is 5.95 Å². The van der Waals surface area contributed by atoms with Gasteiger partial charge in [0.15, 0.2) is 5.82 Å². The minimum absolute atomic E-state index is 0.165. The van der Waals surface area contributed by atoms with E-state index in [4.69, 9.17) is 10.9 Å². The summed E-state index contributed by atoms with van der Waals surface area (Å²) in [6.07, 6.45) is 1.38. The Kier molecular flexibility index (Phi) is 3.42. The fourth-order valence-electron chi connectivity index (χ4n) is 1.41. The van der Waals surface area contributed by atoms with E-state index in [0.29, 0.717) is 11.4 Å². The number of rotatable bonds is 4. The molecule has 0 radical (unpaired) electrons. The fourth-order valence-corrected chi connectivity index (χ4v) is 1.41. The number of nitrogens with one attached hydrogen (secondary N) is 1. The van der Waals surface area contributed by atoms with E-state index < -0.39 is 5.97 Å². The van der Waals surface area contributed by atoms with Gasteiger partial charge in [-0.1, -0.05) is 18.2 Å². The highest BCUT2D eigenvalue weighted by molar-refractivity contribution is 5.98. The van der Waals surface area contributed by atoms with Crippen LogP contribution in [0.3, 0.4) is 0 Å². The first-order valence-corrected chi connectivity index (χ1v) is 5.38. The van der Waals surface area contributed by atoms with E-state index >= 15 is 0 Å². The Morgan fingerprint density at radius 1 is 1.47 bits per heavy atom. The number of carboxylic acid groups (broad SMARTS) is 1. The third-order valence-electron chi connectivity index (χ3n) is 2.43. The molecule has 0 fully saturated rings. The number of nitrogens with two attached hydrogens (primary N) is 1. The van der Waals surface area contributed by atoms with Gasteiger partial charge in [0.1, 0.15) is 0 Å². The largest absolute Gasteiger partial charge is 0.478 e. The lowest BCUT2D eigenvalue weighted by atomic mass is 10.1. The Morgan fingerprint density at radius 2 is 2.21 bits per heavy atom. The maximum atomic E-state index is 11.0. The number of hydrazone groups is 1. The molecule has 4 N–H and O–H groups in total. The number of aromatic carboxylic acids is 1. The van der Waals surface area contributed by atoms with E-state index in [0.717, 1.165) is 0 Å². The van der Waals surface area contributed by atoms with Gasteiger partial charge in [-0.15, -0.1) is 10.2 Å². The quantitative estimate of drug-likeness (QED) is 0.417. The number of aromatic nitrogens is 3. The summed E-state index contributed by atoms with van der Waals surface area (Å²) in [5, 5.41) is 20.4. The van der Waals surface area contributed by atoms with E-state index in [1.165, 1.54) is 17.0 Å². The molecule has 1 aromatic heterocycles. The van der Waals surface area contributed by atoms with Crippen LogP contribution in [0.15, 0.2) is 29.4 Å². The number of aryl methyl sites for hydroxylation is 1. The highest BCUT2D eigenvalue weighted by Gasteiger charge is 2.07. The number of anilines is 1. The van der Waals surface area contributed by atoms with E-state index in [2.05, 4.69) is 20.7 Å². The van der Waals surface area contributed by atoms with Crippen LogP contribution in [0.1, 0.15) is 21.7 Å². The van der Waals surface area contributed by atoms with Crippen molar-refractivity contribution in [1.29, 1.82) is 0 Å². The van der Waals surface area contributed by atoms with Gasteiger partial charge < -0.3 is 10.9 Å². The van der Waals surface area contributed by atoms with Crippen LogP contribution in [-0.2, 0) is 0 Å². The smallest absolute Gasteiger partial charge is 0.336 e. The summed E-state index contributed by atoms with van der Waals surface area (Å²) in [7, 11) is 0. The van der Waals surface area contributed by atoms with Crippen LogP contribution in [0.5, 0.6) is 0 Å². The van der Waals surface area contributed by atoms with Gasteiger partial charge >= 0.3 is 5.97 Å². The van der Waals surface area contributed by atoms with Crippen LogP contribution in [0, 0.1) is 6.92 Å². The summed E-state index contributed by atoms with van der Waals surface area (Å²) in [6, 6.07) is 6.52. The summed E-state index contributed by atoms with van der Waals surface area (Å²) < 4.78 is 1.24. The van der Waals surface area contributed by atoms with Crippen molar-refractivity contribution in [3.8, 4) is 0 Å². The SMILES string of the molecule is Cc1nnc(NN=Cc2ccccc2C(=O)O)n1N. The first kappa shape index (κ1) is 12.6. The third kappa shape index (κ3) is 2.68. The Hall–Kier alpha value is -2.90. The summed E-state index contributed by atoms with van der Waals surface area (Å²) in [5.74, 6) is 5.40. The molecule has 0 aliphatic heterocycles. The number of nitrogens with zero attached hydrogens (tertiary/aromatic N) is 4. The molecule has 0 saturated heterocycles. The lowest BCUT2D eigenvalue weighted by molar-refractivity contribution is 0.0697. The lowest BCUT2D eigenvalue weighted by Crippen LogP contribution is -2.13. The first-order chi connectivity index (χ1) is 9.09. The minimum Gasteiger partial charge on any atom is -0.478 e. The molecule has 0 aliphatic carbocycles. The molecule has 0 aliphatic rings. The minimum atomic E-state index is -1.01. The van der Waals surface area contributed by atoms with Gasteiger partial charge in [0.2, 0.25) is 0 Å². The Balaban J connectivity index is 2.16. The zero-order valence-corrected chi connectivity index (χ0v) is 10.1. The van der Waals surface area contributed by atoms with Gasteiger partial charge in [-0.25, -0.2) is 14.9 Å². The molecule has 1 heterocycles. The fraction of sp³-hybridized carbons (Fsp3) is 0.0909. The summed E-state index contributed by atoms with van der Waals surface area (Å²) in [6.45, 7) is 1.70. The first-order valence-electron chi connectivity index (χ1n) is 5.38. The van der Waals surface area contributed by atoms with Crippen molar-refractivity contribution < 1.29 is 9.90 Å². The van der Waals surface area contributed by atoms with Crippen LogP contribution in [0.25, 0.3) is 0 Å². The second kappa shape index (κ2) is 5.17. The molecule has 8 heteroatoms. The molecule has 19 heavy (non-hydrogen) atoms. The standard InChI is InChI=1S/C11H12N6O2/c1-7-14-16-11(17(7)12)15-13-6-8-4-2-3-5-9(8)10(18)19/h2-6H,12H2,1H3,(H,15,16)(H,18,19). The van der Waals surface area contributed by atoms with Crippen molar-refractivity contribution in [2.75, 3.05) is 11.3 Å². The van der Waals surface area contributed by atoms with E-state index in [-0.39, 0.29) is 11.5 Å². The molecular formula is C11H12N6O2. The predicted octanol–water partition coefficient (Wildman–Crippen LogP) is 0.445. The van der Waals surface area contributed by atoms with Crippen molar-refractivity contribution in [1.82, 2.24) is 14.9 Å². The highest BCUT2D eigenvalue weighted by Crippen LogP contribution is 2.06. The molecule has 98 valence electrons. The van der Waals surface area contributed by atoms with Gasteiger partial charge in [-0.05, 0) is 13.0 Å². The van der Waals surface area contributed by atoms with E-state index in [1.54, 1.807) is 25.1 Å². The third-order valence-corrected chi connectivity index (χ3v) is 2.43. The highest BCUT2D eigenvalue weighted by atomic mass is 16.4. The van der Waals surface area contributed by atoms with Crippen LogP contribution in [-0.4, -0.2) is 32.2 Å². The normalized spacial score (nSPS) is 10.8. The molecule has 2 aromatic rings. The average molecular weight is 260 g/mol. The predicted molar refractivity (Wildman–Crippen MR) is 69.5 cm³/mol. The molecule has 0 amide bonds. The second-order valence-corrected chi connectivity index (χ2v) is 3.70. The van der Waals surface area contributed by atoms with Gasteiger partial charge in [0, 0.05) is 5.56 Å². The molecule has 8 nitrogen and oxygen atoms in total. The molecule has 1 aromatic carbocycles. The van der Waals surface area contributed by atoms with Crippen LogP contribution in [0.2, 0.25) is 0 Å². The van der Waals surface area contributed by atoms with Gasteiger partial charge in [-0.2, -0.15) is 5.10 Å². The Morgan fingerprint density at radius 3 is 2.84 bits per heavy atom. The van der Waals surface area contributed by atoms with Crippen molar-refractivity contribution in [3.05, 3.63) is 41.2 Å².